The fraction of sp³-hybridized carbons (Fsp3) is 0.174. The summed E-state index contributed by atoms with van der Waals surface area (Å²) in [7, 11) is -0.791. The second-order valence-corrected chi connectivity index (χ2v) is 8.64. The lowest BCUT2D eigenvalue weighted by Crippen LogP contribution is -2.28. The summed E-state index contributed by atoms with van der Waals surface area (Å²) >= 11 is 0. The molecular formula is C23H21NO7S. The molecule has 0 fully saturated rings. The molecule has 0 amide bonds. The maximum Gasteiger partial charge on any atom is 0.338 e. The summed E-state index contributed by atoms with van der Waals surface area (Å²) in [5.74, 6) is 0.687. The lowest BCUT2D eigenvalue weighted by molar-refractivity contribution is 0.0535. The lowest BCUT2D eigenvalue weighted by Gasteiger charge is -2.18. The van der Waals surface area contributed by atoms with Crippen molar-refractivity contribution < 1.29 is 32.2 Å². The van der Waals surface area contributed by atoms with Gasteiger partial charge in [-0.1, -0.05) is 24.3 Å². The molecule has 0 radical (unpaired) electrons. The quantitative estimate of drug-likeness (QED) is 0.411. The Morgan fingerprint density at radius 1 is 0.938 bits per heavy atom. The van der Waals surface area contributed by atoms with Gasteiger partial charge in [0, 0.05) is 11.1 Å². The second-order valence-electron chi connectivity index (χ2n) is 6.88. The number of nitrogens with one attached hydrogen (secondary N) is 1. The van der Waals surface area contributed by atoms with Gasteiger partial charge in [-0.05, 0) is 42.0 Å². The molecule has 0 spiro atoms. The molecule has 3 aromatic rings. The van der Waals surface area contributed by atoms with Crippen LogP contribution < -0.4 is 18.9 Å². The number of hydrogen-bond donors (Lipinski definition) is 1. The highest BCUT2D eigenvalue weighted by atomic mass is 32.2. The summed E-state index contributed by atoms with van der Waals surface area (Å²) in [6, 6.07) is 16.8. The largest absolute Gasteiger partial charge is 0.493 e. The Balaban J connectivity index is 1.67. The van der Waals surface area contributed by atoms with Crippen molar-refractivity contribution in [2.75, 3.05) is 21.0 Å². The van der Waals surface area contributed by atoms with Crippen LogP contribution in [0.5, 0.6) is 17.2 Å². The van der Waals surface area contributed by atoms with Crippen LogP contribution in [0.2, 0.25) is 0 Å². The highest BCUT2D eigenvalue weighted by molar-refractivity contribution is 7.89. The summed E-state index contributed by atoms with van der Waals surface area (Å²) in [6.07, 6.45) is 0. The Bertz CT molecular complexity index is 1260. The van der Waals surface area contributed by atoms with E-state index < -0.39 is 10.0 Å². The highest BCUT2D eigenvalue weighted by Crippen LogP contribution is 2.45. The normalized spacial score (nSPS) is 12.8. The van der Waals surface area contributed by atoms with Gasteiger partial charge in [0.05, 0.1) is 24.7 Å². The number of benzene rings is 3. The Morgan fingerprint density at radius 2 is 1.69 bits per heavy atom. The van der Waals surface area contributed by atoms with Gasteiger partial charge in [-0.2, -0.15) is 4.72 Å². The van der Waals surface area contributed by atoms with E-state index >= 15 is 0 Å². The third-order valence-corrected chi connectivity index (χ3v) is 6.40. The summed E-state index contributed by atoms with van der Waals surface area (Å²) in [5.41, 5.74) is 2.68. The predicted octanol–water partition coefficient (Wildman–Crippen LogP) is 3.36. The molecule has 9 heteroatoms. The van der Waals surface area contributed by atoms with Crippen LogP contribution in [-0.2, 0) is 21.4 Å². The zero-order chi connectivity index (χ0) is 22.7. The van der Waals surface area contributed by atoms with Crippen LogP contribution in [0.25, 0.3) is 11.1 Å². The number of rotatable bonds is 8. The Labute approximate surface area is 185 Å². The average Bonchev–Trinajstić information content (AvgIpc) is 3.19. The smallest absolute Gasteiger partial charge is 0.338 e. The van der Waals surface area contributed by atoms with Crippen molar-refractivity contribution in [2.24, 2.45) is 0 Å². The maximum absolute atomic E-state index is 12.5. The molecule has 0 bridgehead atoms. The Hall–Kier alpha value is -3.56. The number of cyclic esters (lactones) is 1. The van der Waals surface area contributed by atoms with E-state index in [1.807, 2.05) is 6.07 Å². The standard InChI is InChI=1S/C23H21NO7S/c1-28-20-11-10-18(15-8-9-19-16(12-15)13-30-23(19)25)21(22(20)29-2)31-14-24-32(26,27)17-6-4-3-5-7-17/h3-12,24H,13-14H2,1-2H3. The molecule has 0 aromatic heterocycles. The monoisotopic (exact) mass is 455 g/mol. The molecule has 0 saturated heterocycles. The Morgan fingerprint density at radius 3 is 2.41 bits per heavy atom. The molecule has 0 aliphatic carbocycles. The van der Waals surface area contributed by atoms with E-state index in [1.165, 1.54) is 26.4 Å². The highest BCUT2D eigenvalue weighted by Gasteiger charge is 2.24. The molecule has 0 saturated carbocycles. The van der Waals surface area contributed by atoms with Gasteiger partial charge in [-0.15, -0.1) is 0 Å². The second kappa shape index (κ2) is 8.89. The van der Waals surface area contributed by atoms with E-state index in [9.17, 15) is 13.2 Å². The fourth-order valence-electron chi connectivity index (χ4n) is 3.43. The van der Waals surface area contributed by atoms with Gasteiger partial charge in [0.2, 0.25) is 15.8 Å². The third-order valence-electron chi connectivity index (χ3n) is 5.01. The van der Waals surface area contributed by atoms with Crippen LogP contribution >= 0.6 is 0 Å². The minimum absolute atomic E-state index is 0.129. The van der Waals surface area contributed by atoms with Crippen molar-refractivity contribution in [2.45, 2.75) is 11.5 Å². The van der Waals surface area contributed by atoms with Gasteiger partial charge in [0.25, 0.3) is 0 Å². The molecule has 32 heavy (non-hydrogen) atoms. The fourth-order valence-corrected chi connectivity index (χ4v) is 4.33. The molecule has 166 valence electrons. The van der Waals surface area contributed by atoms with Gasteiger partial charge in [0.1, 0.15) is 6.61 Å². The summed E-state index contributed by atoms with van der Waals surface area (Å²) in [5, 5.41) is 0. The van der Waals surface area contributed by atoms with Crippen LogP contribution in [0.15, 0.2) is 65.6 Å². The lowest BCUT2D eigenvalue weighted by atomic mass is 9.99. The number of esters is 1. The topological polar surface area (TPSA) is 100 Å². The molecule has 0 atom stereocenters. The van der Waals surface area contributed by atoms with Crippen LogP contribution in [0.3, 0.4) is 0 Å². The first-order valence-corrected chi connectivity index (χ1v) is 11.2. The SMILES string of the molecule is COc1ccc(-c2ccc3c(c2)COC3=O)c(OCNS(=O)(=O)c2ccccc2)c1OC. The molecule has 1 heterocycles. The number of sulfonamides is 1. The summed E-state index contributed by atoms with van der Waals surface area (Å²) < 4.78 is 49.3. The van der Waals surface area contributed by atoms with Crippen LogP contribution in [0, 0.1) is 0 Å². The van der Waals surface area contributed by atoms with Crippen molar-refractivity contribution in [1.29, 1.82) is 0 Å². The van der Waals surface area contributed by atoms with E-state index in [2.05, 4.69) is 4.72 Å². The maximum atomic E-state index is 12.5. The van der Waals surface area contributed by atoms with E-state index in [0.717, 1.165) is 11.1 Å². The molecule has 4 rings (SSSR count). The van der Waals surface area contributed by atoms with Crippen molar-refractivity contribution in [3.8, 4) is 28.4 Å². The minimum atomic E-state index is -3.76. The average molecular weight is 455 g/mol. The number of carbonyl (C=O) groups excluding carboxylic acids is 1. The van der Waals surface area contributed by atoms with E-state index in [1.54, 1.807) is 42.5 Å². The first kappa shape index (κ1) is 21.7. The van der Waals surface area contributed by atoms with Gasteiger partial charge in [-0.3, -0.25) is 0 Å². The number of fused-ring (bicyclic) bond motifs is 1. The molecule has 1 aliphatic heterocycles. The number of carbonyl (C=O) groups is 1. The first-order chi connectivity index (χ1) is 15.4. The van der Waals surface area contributed by atoms with Crippen molar-refractivity contribution in [1.82, 2.24) is 4.72 Å². The Kier molecular flexibility index (Phi) is 6.02. The number of ether oxygens (including phenoxy) is 4. The third kappa shape index (κ3) is 4.12. The van der Waals surface area contributed by atoms with Crippen molar-refractivity contribution in [3.05, 3.63) is 71.8 Å². The van der Waals surface area contributed by atoms with Gasteiger partial charge >= 0.3 is 5.97 Å². The molecule has 3 aromatic carbocycles. The predicted molar refractivity (Wildman–Crippen MR) is 116 cm³/mol. The molecule has 8 nitrogen and oxygen atoms in total. The van der Waals surface area contributed by atoms with Gasteiger partial charge in [0.15, 0.2) is 18.2 Å². The zero-order valence-corrected chi connectivity index (χ0v) is 18.3. The minimum Gasteiger partial charge on any atom is -0.493 e. The van der Waals surface area contributed by atoms with Crippen LogP contribution in [0.4, 0.5) is 0 Å². The zero-order valence-electron chi connectivity index (χ0n) is 17.5. The van der Waals surface area contributed by atoms with E-state index in [0.29, 0.717) is 28.4 Å². The molecule has 1 N–H and O–H groups in total. The van der Waals surface area contributed by atoms with E-state index in [-0.39, 0.29) is 24.2 Å². The van der Waals surface area contributed by atoms with Crippen LogP contribution in [-0.4, -0.2) is 35.3 Å². The number of methoxy groups -OCH3 is 2. The van der Waals surface area contributed by atoms with Crippen molar-refractivity contribution in [3.63, 3.8) is 0 Å². The van der Waals surface area contributed by atoms with Crippen molar-refractivity contribution >= 4 is 16.0 Å². The molecule has 0 unspecified atom stereocenters. The number of hydrogen-bond acceptors (Lipinski definition) is 7. The van der Waals surface area contributed by atoms with E-state index in [4.69, 9.17) is 18.9 Å². The first-order valence-electron chi connectivity index (χ1n) is 9.67. The van der Waals surface area contributed by atoms with Gasteiger partial charge < -0.3 is 18.9 Å². The molecular weight excluding hydrogens is 434 g/mol. The molecule has 1 aliphatic rings. The summed E-state index contributed by atoms with van der Waals surface area (Å²) in [4.78, 5) is 11.9. The summed E-state index contributed by atoms with van der Waals surface area (Å²) in [6.45, 7) is -0.136. The van der Waals surface area contributed by atoms with Crippen LogP contribution in [0.1, 0.15) is 15.9 Å². The van der Waals surface area contributed by atoms with Gasteiger partial charge in [-0.25, -0.2) is 13.2 Å².